The Balaban J connectivity index is 1.93. The summed E-state index contributed by atoms with van der Waals surface area (Å²) < 4.78 is 5.66. The van der Waals surface area contributed by atoms with Crippen LogP contribution in [0, 0.1) is 0 Å². The third-order valence-corrected chi connectivity index (χ3v) is 3.48. The van der Waals surface area contributed by atoms with Gasteiger partial charge in [-0.3, -0.25) is 0 Å². The van der Waals surface area contributed by atoms with Gasteiger partial charge in [0.05, 0.1) is 6.10 Å². The molecule has 0 atom stereocenters. The fourth-order valence-corrected chi connectivity index (χ4v) is 2.43. The third-order valence-electron chi connectivity index (χ3n) is 3.48. The summed E-state index contributed by atoms with van der Waals surface area (Å²) in [5, 5.41) is 3.36. The summed E-state index contributed by atoms with van der Waals surface area (Å²) in [6.45, 7) is 6.37. The molecule has 3 nitrogen and oxygen atoms in total. The Bertz CT molecular complexity index is 353. The summed E-state index contributed by atoms with van der Waals surface area (Å²) in [6, 6.07) is 9.15. The fourth-order valence-electron chi connectivity index (χ4n) is 2.43. The van der Waals surface area contributed by atoms with Crippen LogP contribution in [0.3, 0.4) is 0 Å². The third kappa shape index (κ3) is 3.39. The molecule has 1 N–H and O–H groups in total. The number of anilines is 1. The van der Waals surface area contributed by atoms with Crippen molar-refractivity contribution in [1.82, 2.24) is 5.32 Å². The second-order valence-electron chi connectivity index (χ2n) is 5.21. The molecule has 2 rings (SSSR count). The molecule has 0 unspecified atom stereocenters. The molecule has 0 aromatic heterocycles. The number of hydrogen-bond acceptors (Lipinski definition) is 3. The van der Waals surface area contributed by atoms with E-state index in [1.165, 1.54) is 18.5 Å². The van der Waals surface area contributed by atoms with Crippen molar-refractivity contribution in [2.45, 2.75) is 38.8 Å². The highest BCUT2D eigenvalue weighted by atomic mass is 16.5. The highest BCUT2D eigenvalue weighted by Crippen LogP contribution is 2.23. The quantitative estimate of drug-likeness (QED) is 0.886. The van der Waals surface area contributed by atoms with Gasteiger partial charge in [0.25, 0.3) is 0 Å². The van der Waals surface area contributed by atoms with Crippen molar-refractivity contribution in [2.75, 3.05) is 25.0 Å². The van der Waals surface area contributed by atoms with Gasteiger partial charge in [-0.2, -0.15) is 0 Å². The maximum atomic E-state index is 5.66. The van der Waals surface area contributed by atoms with Crippen LogP contribution in [0.25, 0.3) is 0 Å². The van der Waals surface area contributed by atoms with E-state index in [-0.39, 0.29) is 6.10 Å². The lowest BCUT2D eigenvalue weighted by Gasteiger charge is -2.33. The molecule has 1 aromatic carbocycles. The minimum Gasteiger partial charge on any atom is -0.491 e. The van der Waals surface area contributed by atoms with Gasteiger partial charge in [0.15, 0.2) is 0 Å². The van der Waals surface area contributed by atoms with Gasteiger partial charge in [0.2, 0.25) is 0 Å². The maximum Gasteiger partial charge on any atom is 0.119 e. The molecule has 0 radical (unpaired) electrons. The lowest BCUT2D eigenvalue weighted by Crippen LogP contribution is -2.41. The van der Waals surface area contributed by atoms with Crippen LogP contribution in [-0.2, 0) is 0 Å². The second-order valence-corrected chi connectivity index (χ2v) is 5.21. The Kier molecular flexibility index (Phi) is 4.48. The Labute approximate surface area is 110 Å². The zero-order valence-electron chi connectivity index (χ0n) is 11.6. The van der Waals surface area contributed by atoms with E-state index in [1.54, 1.807) is 0 Å². The van der Waals surface area contributed by atoms with Gasteiger partial charge in [-0.15, -0.1) is 0 Å². The topological polar surface area (TPSA) is 24.5 Å². The van der Waals surface area contributed by atoms with Crippen LogP contribution in [0.2, 0.25) is 0 Å². The molecule has 0 spiro atoms. The predicted molar refractivity (Wildman–Crippen MR) is 76.5 cm³/mol. The summed E-state index contributed by atoms with van der Waals surface area (Å²) in [6.07, 6.45) is 2.68. The van der Waals surface area contributed by atoms with Crippen molar-refractivity contribution in [3.05, 3.63) is 24.3 Å². The second kappa shape index (κ2) is 6.10. The first-order chi connectivity index (χ1) is 8.69. The summed E-state index contributed by atoms with van der Waals surface area (Å²) >= 11 is 0. The number of rotatable bonds is 4. The largest absolute Gasteiger partial charge is 0.491 e. The Morgan fingerprint density at radius 1 is 1.17 bits per heavy atom. The van der Waals surface area contributed by atoms with Crippen LogP contribution in [-0.4, -0.2) is 32.3 Å². The van der Waals surface area contributed by atoms with Crippen LogP contribution in [0.4, 0.5) is 5.69 Å². The van der Waals surface area contributed by atoms with Crippen molar-refractivity contribution >= 4 is 5.69 Å². The lowest BCUT2D eigenvalue weighted by molar-refractivity contribution is 0.242. The molecule has 1 fully saturated rings. The molecule has 18 heavy (non-hydrogen) atoms. The highest BCUT2D eigenvalue weighted by Gasteiger charge is 2.17. The zero-order chi connectivity index (χ0) is 13.0. The van der Waals surface area contributed by atoms with Gasteiger partial charge in [-0.25, -0.2) is 0 Å². The zero-order valence-corrected chi connectivity index (χ0v) is 11.6. The first-order valence-corrected chi connectivity index (χ1v) is 6.88. The molecule has 1 aliphatic heterocycles. The smallest absolute Gasteiger partial charge is 0.119 e. The molecular weight excluding hydrogens is 224 g/mol. The molecule has 0 amide bonds. The summed E-state index contributed by atoms with van der Waals surface area (Å²) in [5.74, 6) is 0.957. The van der Waals surface area contributed by atoms with E-state index in [4.69, 9.17) is 4.74 Å². The summed E-state index contributed by atoms with van der Waals surface area (Å²) in [5.41, 5.74) is 1.31. The lowest BCUT2D eigenvalue weighted by atomic mass is 10.0. The first-order valence-electron chi connectivity index (χ1n) is 6.88. The van der Waals surface area contributed by atoms with Gasteiger partial charge >= 0.3 is 0 Å². The van der Waals surface area contributed by atoms with Gasteiger partial charge in [0, 0.05) is 24.8 Å². The van der Waals surface area contributed by atoms with E-state index in [0.717, 1.165) is 18.8 Å². The average Bonchev–Trinajstić information content (AvgIpc) is 2.39. The number of nitrogens with one attached hydrogen (secondary N) is 1. The van der Waals surface area contributed by atoms with Gasteiger partial charge in [-0.05, 0) is 58.0 Å². The monoisotopic (exact) mass is 248 g/mol. The molecule has 0 bridgehead atoms. The molecule has 1 aromatic rings. The number of piperidine rings is 1. The summed E-state index contributed by atoms with van der Waals surface area (Å²) in [4.78, 5) is 2.45. The van der Waals surface area contributed by atoms with E-state index < -0.39 is 0 Å². The van der Waals surface area contributed by atoms with Gasteiger partial charge in [-0.1, -0.05) is 0 Å². The van der Waals surface area contributed by atoms with E-state index in [0.29, 0.717) is 6.04 Å². The van der Waals surface area contributed by atoms with Gasteiger partial charge < -0.3 is 15.0 Å². The van der Waals surface area contributed by atoms with Crippen molar-refractivity contribution < 1.29 is 4.74 Å². The molecule has 0 saturated carbocycles. The van der Waals surface area contributed by atoms with E-state index in [9.17, 15) is 0 Å². The van der Waals surface area contributed by atoms with Crippen molar-refractivity contribution in [2.24, 2.45) is 0 Å². The Morgan fingerprint density at radius 3 is 2.28 bits per heavy atom. The van der Waals surface area contributed by atoms with Crippen LogP contribution < -0.4 is 15.0 Å². The molecule has 3 heteroatoms. The minimum absolute atomic E-state index is 0.238. The van der Waals surface area contributed by atoms with Crippen molar-refractivity contribution in [1.29, 1.82) is 0 Å². The Hall–Kier alpha value is -1.22. The number of ether oxygens (including phenoxy) is 1. The van der Waals surface area contributed by atoms with Crippen LogP contribution in [0.1, 0.15) is 26.7 Å². The highest BCUT2D eigenvalue weighted by molar-refractivity contribution is 5.49. The van der Waals surface area contributed by atoms with Crippen LogP contribution in [0.5, 0.6) is 5.75 Å². The predicted octanol–water partition coefficient (Wildman–Crippen LogP) is 2.66. The number of nitrogens with zero attached hydrogens (tertiary/aromatic N) is 1. The molecule has 1 aliphatic rings. The van der Waals surface area contributed by atoms with Gasteiger partial charge in [0.1, 0.15) is 5.75 Å². The van der Waals surface area contributed by atoms with E-state index >= 15 is 0 Å². The number of hydrogen-bond donors (Lipinski definition) is 1. The Morgan fingerprint density at radius 2 is 1.78 bits per heavy atom. The van der Waals surface area contributed by atoms with Crippen molar-refractivity contribution in [3.63, 3.8) is 0 Å². The number of benzene rings is 1. The van der Waals surface area contributed by atoms with E-state index in [1.807, 2.05) is 0 Å². The van der Waals surface area contributed by atoms with E-state index in [2.05, 4.69) is 55.4 Å². The molecule has 1 heterocycles. The molecule has 0 aliphatic carbocycles. The normalized spacial score (nSPS) is 17.2. The molecule has 1 saturated heterocycles. The first kappa shape index (κ1) is 13.2. The van der Waals surface area contributed by atoms with Crippen LogP contribution in [0.15, 0.2) is 24.3 Å². The van der Waals surface area contributed by atoms with Crippen molar-refractivity contribution in [3.8, 4) is 5.75 Å². The standard InChI is InChI=1S/C15H24N2O/c1-12(2)18-15-6-4-14(5-7-15)17-10-8-13(16-3)9-11-17/h4-7,12-13,16H,8-11H2,1-3H3. The molecule has 100 valence electrons. The molecular formula is C15H24N2O. The maximum absolute atomic E-state index is 5.66. The average molecular weight is 248 g/mol. The summed E-state index contributed by atoms with van der Waals surface area (Å²) in [7, 11) is 2.05. The van der Waals surface area contributed by atoms with Crippen LogP contribution >= 0.6 is 0 Å². The fraction of sp³-hybridized carbons (Fsp3) is 0.600. The minimum atomic E-state index is 0.238. The SMILES string of the molecule is CNC1CCN(c2ccc(OC(C)C)cc2)CC1.